The van der Waals surface area contributed by atoms with Gasteiger partial charge in [-0.3, -0.25) is 0 Å². The van der Waals surface area contributed by atoms with Crippen molar-refractivity contribution >= 4 is 32.3 Å². The first-order chi connectivity index (χ1) is 19.1. The molecule has 0 unspecified atom stereocenters. The molecule has 0 aliphatic heterocycles. The van der Waals surface area contributed by atoms with Crippen LogP contribution in [0.25, 0.3) is 32.3 Å². The third kappa shape index (κ3) is 3.19. The zero-order valence-electron chi connectivity index (χ0n) is 23.8. The highest BCUT2D eigenvalue weighted by atomic mass is 16.5. The molecular weight excluding hydrogens is 492 g/mol. The van der Waals surface area contributed by atoms with E-state index in [1.807, 2.05) is 0 Å². The fourth-order valence-electron chi connectivity index (χ4n) is 8.17. The Labute approximate surface area is 229 Å². The first kappa shape index (κ1) is 25.4. The van der Waals surface area contributed by atoms with Crippen LogP contribution in [-0.4, -0.2) is 42.7 Å². The molecule has 0 fully saturated rings. The molecule has 0 aromatic heterocycles. The summed E-state index contributed by atoms with van der Waals surface area (Å²) in [5.41, 5.74) is 16.1. The van der Waals surface area contributed by atoms with Gasteiger partial charge in [0.25, 0.3) is 0 Å². The summed E-state index contributed by atoms with van der Waals surface area (Å²) >= 11 is 0. The first-order valence-corrected chi connectivity index (χ1v) is 13.7. The lowest BCUT2D eigenvalue weighted by molar-refractivity contribution is 0.167. The fourth-order valence-corrected chi connectivity index (χ4v) is 8.17. The van der Waals surface area contributed by atoms with Gasteiger partial charge in [0.15, 0.2) is 0 Å². The second-order valence-corrected chi connectivity index (χ2v) is 11.1. The van der Waals surface area contributed by atoms with Gasteiger partial charge in [0.1, 0.15) is 0 Å². The van der Waals surface area contributed by atoms with Gasteiger partial charge in [0.05, 0.1) is 39.6 Å². The van der Waals surface area contributed by atoms with E-state index in [2.05, 4.69) is 0 Å². The quantitative estimate of drug-likeness (QED) is 0.189. The lowest BCUT2D eigenvalue weighted by Crippen LogP contribution is -2.08. The van der Waals surface area contributed by atoms with Crippen molar-refractivity contribution in [2.75, 3.05) is 42.7 Å². The minimum Gasteiger partial charge on any atom is -0.380 e. The minimum absolute atomic E-state index is 0.573. The molecule has 204 valence electrons. The van der Waals surface area contributed by atoms with E-state index in [0.29, 0.717) is 39.6 Å². The van der Waals surface area contributed by atoms with Crippen molar-refractivity contribution < 1.29 is 28.4 Å². The van der Waals surface area contributed by atoms with Crippen LogP contribution in [0.2, 0.25) is 0 Å². The van der Waals surface area contributed by atoms with Crippen molar-refractivity contribution in [1.82, 2.24) is 0 Å². The SMILES string of the molecule is COCc1c(COC)c2c3c4c1Cc1c(COC)c(COC)c5c(c14)c1c(c(COC)c(COC)c(c31)C2)C5. The minimum atomic E-state index is 0.573. The van der Waals surface area contributed by atoms with E-state index in [1.165, 1.54) is 99.1 Å². The number of hydrogen-bond acceptors (Lipinski definition) is 6. The van der Waals surface area contributed by atoms with Crippen LogP contribution in [0.15, 0.2) is 0 Å². The van der Waals surface area contributed by atoms with Crippen molar-refractivity contribution in [1.29, 1.82) is 0 Å². The maximum absolute atomic E-state index is 5.84. The van der Waals surface area contributed by atoms with Gasteiger partial charge >= 0.3 is 0 Å². The standard InChI is InChI=1S/C33H36O6/c1-34-10-22-16-7-18-24(12-36-3)26(14-38-5)20-9-21-27(15-39-6)25(13-37-4)19-8-17(23(22)11-35-2)29-28(16)30(18)32(20)33(21)31(19)29/h7-15H2,1-6H3. The molecule has 0 saturated carbocycles. The third-order valence-corrected chi connectivity index (χ3v) is 9.38. The van der Waals surface area contributed by atoms with E-state index < -0.39 is 0 Å². The summed E-state index contributed by atoms with van der Waals surface area (Å²) in [6.45, 7) is 3.44. The molecule has 6 nitrogen and oxygen atoms in total. The lowest BCUT2D eigenvalue weighted by Gasteiger charge is -2.19. The van der Waals surface area contributed by atoms with Crippen LogP contribution in [0, 0.1) is 0 Å². The maximum Gasteiger partial charge on any atom is 0.0719 e. The largest absolute Gasteiger partial charge is 0.380 e. The summed E-state index contributed by atoms with van der Waals surface area (Å²) in [5, 5.41) is 8.54. The van der Waals surface area contributed by atoms with Crippen LogP contribution >= 0.6 is 0 Å². The molecule has 3 aliphatic rings. The molecule has 0 radical (unpaired) electrons. The molecule has 0 atom stereocenters. The zero-order chi connectivity index (χ0) is 27.0. The van der Waals surface area contributed by atoms with Gasteiger partial charge in [-0.25, -0.2) is 0 Å². The number of ether oxygens (including phenoxy) is 6. The lowest BCUT2D eigenvalue weighted by atomic mass is 9.87. The Hall–Kier alpha value is -2.58. The molecule has 6 heteroatoms. The molecule has 0 amide bonds. The van der Waals surface area contributed by atoms with E-state index in [4.69, 9.17) is 28.4 Å². The molecule has 0 saturated heterocycles. The highest BCUT2D eigenvalue weighted by Gasteiger charge is 2.39. The Bertz CT molecular complexity index is 1350. The molecule has 0 bridgehead atoms. The highest BCUT2D eigenvalue weighted by Crippen LogP contribution is 2.58. The smallest absolute Gasteiger partial charge is 0.0719 e. The summed E-state index contributed by atoms with van der Waals surface area (Å²) in [6, 6.07) is 0. The molecule has 0 spiro atoms. The number of methoxy groups -OCH3 is 6. The Morgan fingerprint density at radius 2 is 0.462 bits per heavy atom. The average Bonchev–Trinajstić information content (AvgIpc) is 3.62. The Morgan fingerprint density at radius 1 is 0.308 bits per heavy atom. The molecule has 0 N–H and O–H groups in total. The average molecular weight is 529 g/mol. The normalized spacial score (nSPS) is 14.3. The summed E-state index contributed by atoms with van der Waals surface area (Å²) < 4.78 is 35.0. The number of hydrogen-bond donors (Lipinski definition) is 0. The molecule has 39 heavy (non-hydrogen) atoms. The monoisotopic (exact) mass is 528 g/mol. The maximum atomic E-state index is 5.84. The van der Waals surface area contributed by atoms with Gasteiger partial charge in [-0.05, 0) is 118 Å². The Balaban J connectivity index is 1.74. The summed E-state index contributed by atoms with van der Waals surface area (Å²) in [4.78, 5) is 0. The van der Waals surface area contributed by atoms with Gasteiger partial charge in [0.2, 0.25) is 0 Å². The van der Waals surface area contributed by atoms with Gasteiger partial charge in [0, 0.05) is 42.7 Å². The highest BCUT2D eigenvalue weighted by molar-refractivity contribution is 6.34. The Morgan fingerprint density at radius 3 is 0.590 bits per heavy atom. The topological polar surface area (TPSA) is 55.4 Å². The molecular formula is C33H36O6. The molecule has 7 rings (SSSR count). The van der Waals surface area contributed by atoms with E-state index in [-0.39, 0.29) is 0 Å². The van der Waals surface area contributed by atoms with Gasteiger partial charge in [-0.1, -0.05) is 0 Å². The van der Waals surface area contributed by atoms with E-state index >= 15 is 0 Å². The van der Waals surface area contributed by atoms with Crippen LogP contribution < -0.4 is 0 Å². The van der Waals surface area contributed by atoms with Gasteiger partial charge in [-0.15, -0.1) is 0 Å². The molecule has 4 aromatic rings. The van der Waals surface area contributed by atoms with Crippen molar-refractivity contribution in [2.45, 2.75) is 58.9 Å². The van der Waals surface area contributed by atoms with Crippen molar-refractivity contribution in [3.05, 3.63) is 66.8 Å². The van der Waals surface area contributed by atoms with Crippen LogP contribution in [-0.2, 0) is 87.3 Å². The fraction of sp³-hybridized carbons (Fsp3) is 0.455. The van der Waals surface area contributed by atoms with Crippen molar-refractivity contribution in [3.63, 3.8) is 0 Å². The van der Waals surface area contributed by atoms with E-state index in [1.54, 1.807) is 42.7 Å². The second kappa shape index (κ2) is 9.51. The van der Waals surface area contributed by atoms with E-state index in [0.717, 1.165) is 19.3 Å². The van der Waals surface area contributed by atoms with Crippen LogP contribution in [0.5, 0.6) is 0 Å². The van der Waals surface area contributed by atoms with Gasteiger partial charge in [-0.2, -0.15) is 0 Å². The van der Waals surface area contributed by atoms with Crippen LogP contribution in [0.1, 0.15) is 66.8 Å². The molecule has 3 aliphatic carbocycles. The number of rotatable bonds is 12. The van der Waals surface area contributed by atoms with Crippen molar-refractivity contribution in [2.24, 2.45) is 0 Å². The predicted molar refractivity (Wildman–Crippen MR) is 152 cm³/mol. The predicted octanol–water partition coefficient (Wildman–Crippen LogP) is 5.74. The van der Waals surface area contributed by atoms with Crippen LogP contribution in [0.3, 0.4) is 0 Å². The van der Waals surface area contributed by atoms with Crippen molar-refractivity contribution in [3.8, 4) is 0 Å². The van der Waals surface area contributed by atoms with Crippen LogP contribution in [0.4, 0.5) is 0 Å². The summed E-state index contributed by atoms with van der Waals surface area (Å²) in [7, 11) is 10.8. The second-order valence-electron chi connectivity index (χ2n) is 11.1. The Kier molecular flexibility index (Phi) is 6.19. The summed E-state index contributed by atoms with van der Waals surface area (Å²) in [6.07, 6.45) is 2.64. The number of benzene rings is 4. The third-order valence-electron chi connectivity index (χ3n) is 9.38. The zero-order valence-corrected chi connectivity index (χ0v) is 23.8. The van der Waals surface area contributed by atoms with Gasteiger partial charge < -0.3 is 28.4 Å². The molecule has 4 aromatic carbocycles. The summed E-state index contributed by atoms with van der Waals surface area (Å²) in [5.74, 6) is 0. The van der Waals surface area contributed by atoms with E-state index in [9.17, 15) is 0 Å². The first-order valence-electron chi connectivity index (χ1n) is 13.7. The molecule has 0 heterocycles.